The van der Waals surface area contributed by atoms with Crippen LogP contribution in [0.25, 0.3) is 0 Å². The second-order valence-corrected chi connectivity index (χ2v) is 5.70. The van der Waals surface area contributed by atoms with Crippen molar-refractivity contribution in [2.24, 2.45) is 0 Å². The maximum absolute atomic E-state index is 12.8. The van der Waals surface area contributed by atoms with Crippen molar-refractivity contribution < 1.29 is 9.53 Å². The number of hydrogen-bond acceptors (Lipinski definition) is 5. The summed E-state index contributed by atoms with van der Waals surface area (Å²) in [5, 5.41) is 3.04. The number of aromatic nitrogens is 2. The van der Waals surface area contributed by atoms with Crippen molar-refractivity contribution in [3.8, 4) is 0 Å². The lowest BCUT2D eigenvalue weighted by Crippen LogP contribution is -2.46. The predicted molar refractivity (Wildman–Crippen MR) is 90.3 cm³/mol. The third kappa shape index (κ3) is 4.37. The first-order valence-corrected chi connectivity index (χ1v) is 8.24. The van der Waals surface area contributed by atoms with Gasteiger partial charge < -0.3 is 10.1 Å². The number of rotatable bonds is 6. The molecule has 0 aromatic carbocycles. The summed E-state index contributed by atoms with van der Waals surface area (Å²) in [7, 11) is 0. The molecule has 0 bridgehead atoms. The van der Waals surface area contributed by atoms with Crippen LogP contribution in [-0.4, -0.2) is 53.6 Å². The normalized spacial score (nSPS) is 16.5. The summed E-state index contributed by atoms with van der Waals surface area (Å²) in [4.78, 5) is 23.4. The second-order valence-electron chi connectivity index (χ2n) is 5.70. The maximum atomic E-state index is 12.8. The topological polar surface area (TPSA) is 67.4 Å². The molecule has 0 saturated carbocycles. The molecular weight excluding hydrogens is 304 g/mol. The van der Waals surface area contributed by atoms with Crippen molar-refractivity contribution in [1.82, 2.24) is 20.2 Å². The number of morpholine rings is 1. The quantitative estimate of drug-likeness (QED) is 0.864. The van der Waals surface area contributed by atoms with Gasteiger partial charge >= 0.3 is 0 Å². The minimum Gasteiger partial charge on any atom is -0.379 e. The molecule has 3 rings (SSSR count). The standard InChI is InChI=1S/C18H22N4O2/c23-18(21-9-6-16-5-1-2-8-20-16)17(15-4-3-7-19-14-15)22-10-12-24-13-11-22/h1-5,7-8,14,17H,6,9-13H2,(H,21,23). The van der Waals surface area contributed by atoms with Gasteiger partial charge in [-0.05, 0) is 23.8 Å². The molecule has 6 nitrogen and oxygen atoms in total. The molecule has 1 N–H and O–H groups in total. The van der Waals surface area contributed by atoms with Crippen molar-refractivity contribution in [3.05, 3.63) is 60.2 Å². The molecule has 0 spiro atoms. The Bertz CT molecular complexity index is 630. The molecule has 1 unspecified atom stereocenters. The van der Waals surface area contributed by atoms with Gasteiger partial charge in [0.2, 0.25) is 5.91 Å². The van der Waals surface area contributed by atoms with Crippen molar-refractivity contribution in [2.45, 2.75) is 12.5 Å². The lowest BCUT2D eigenvalue weighted by atomic mass is 10.1. The summed E-state index contributed by atoms with van der Waals surface area (Å²) in [6.45, 7) is 3.35. The van der Waals surface area contributed by atoms with E-state index in [4.69, 9.17) is 4.74 Å². The van der Waals surface area contributed by atoms with E-state index in [1.165, 1.54) is 0 Å². The Kier molecular flexibility index (Phi) is 5.87. The Hall–Kier alpha value is -2.31. The van der Waals surface area contributed by atoms with E-state index in [0.29, 0.717) is 19.8 Å². The van der Waals surface area contributed by atoms with Gasteiger partial charge in [0.05, 0.1) is 13.2 Å². The average Bonchev–Trinajstić information content (AvgIpc) is 2.65. The van der Waals surface area contributed by atoms with Gasteiger partial charge in [-0.1, -0.05) is 12.1 Å². The molecule has 2 aromatic rings. The van der Waals surface area contributed by atoms with Crippen LogP contribution in [0.5, 0.6) is 0 Å². The van der Waals surface area contributed by atoms with Gasteiger partial charge in [0.1, 0.15) is 6.04 Å². The van der Waals surface area contributed by atoms with Crippen LogP contribution >= 0.6 is 0 Å². The highest BCUT2D eigenvalue weighted by atomic mass is 16.5. The minimum absolute atomic E-state index is 0.000770. The largest absolute Gasteiger partial charge is 0.379 e. The van der Waals surface area contributed by atoms with Gasteiger partial charge in [-0.2, -0.15) is 0 Å². The smallest absolute Gasteiger partial charge is 0.242 e. The van der Waals surface area contributed by atoms with Crippen LogP contribution in [0.3, 0.4) is 0 Å². The van der Waals surface area contributed by atoms with Crippen molar-refractivity contribution in [2.75, 3.05) is 32.8 Å². The van der Waals surface area contributed by atoms with Crippen LogP contribution in [0.4, 0.5) is 0 Å². The molecule has 1 amide bonds. The Balaban J connectivity index is 1.64. The van der Waals surface area contributed by atoms with Crippen LogP contribution in [0.1, 0.15) is 17.3 Å². The average molecular weight is 326 g/mol. The molecule has 1 aliphatic rings. The summed E-state index contributed by atoms with van der Waals surface area (Å²) >= 11 is 0. The number of pyridine rings is 2. The third-order valence-corrected chi connectivity index (χ3v) is 4.07. The highest BCUT2D eigenvalue weighted by Gasteiger charge is 2.28. The molecule has 6 heteroatoms. The molecule has 3 heterocycles. The molecule has 2 aromatic heterocycles. The Labute approximate surface area is 141 Å². The summed E-state index contributed by atoms with van der Waals surface area (Å²) in [5.74, 6) is 0.000770. The summed E-state index contributed by atoms with van der Waals surface area (Å²) in [6.07, 6.45) is 5.97. The Morgan fingerprint density at radius 2 is 2.08 bits per heavy atom. The molecule has 0 aliphatic carbocycles. The van der Waals surface area contributed by atoms with E-state index in [-0.39, 0.29) is 11.9 Å². The molecule has 126 valence electrons. The Morgan fingerprint density at radius 3 is 2.79 bits per heavy atom. The highest BCUT2D eigenvalue weighted by molar-refractivity contribution is 5.83. The fourth-order valence-corrected chi connectivity index (χ4v) is 2.86. The van der Waals surface area contributed by atoms with Gasteiger partial charge in [-0.3, -0.25) is 19.7 Å². The van der Waals surface area contributed by atoms with E-state index >= 15 is 0 Å². The van der Waals surface area contributed by atoms with Crippen LogP contribution in [0.2, 0.25) is 0 Å². The Morgan fingerprint density at radius 1 is 1.21 bits per heavy atom. The van der Waals surface area contributed by atoms with Crippen molar-refractivity contribution in [3.63, 3.8) is 0 Å². The van der Waals surface area contributed by atoms with Crippen LogP contribution in [0, 0.1) is 0 Å². The van der Waals surface area contributed by atoms with E-state index in [1.807, 2.05) is 30.3 Å². The van der Waals surface area contributed by atoms with Crippen molar-refractivity contribution in [1.29, 1.82) is 0 Å². The first-order chi connectivity index (χ1) is 11.8. The molecular formula is C18H22N4O2. The van der Waals surface area contributed by atoms with Crippen molar-refractivity contribution >= 4 is 5.91 Å². The number of carbonyl (C=O) groups excluding carboxylic acids is 1. The number of nitrogens with one attached hydrogen (secondary N) is 1. The first kappa shape index (κ1) is 16.5. The molecule has 1 saturated heterocycles. The van der Waals surface area contributed by atoms with Gasteiger partial charge in [-0.15, -0.1) is 0 Å². The lowest BCUT2D eigenvalue weighted by Gasteiger charge is -2.33. The van der Waals surface area contributed by atoms with E-state index in [1.54, 1.807) is 18.6 Å². The van der Waals surface area contributed by atoms with Crippen LogP contribution in [0.15, 0.2) is 48.9 Å². The first-order valence-electron chi connectivity index (χ1n) is 8.24. The fraction of sp³-hybridized carbons (Fsp3) is 0.389. The van der Waals surface area contributed by atoms with Gasteiger partial charge in [-0.25, -0.2) is 0 Å². The van der Waals surface area contributed by atoms with Gasteiger partial charge in [0.25, 0.3) is 0 Å². The number of hydrogen-bond donors (Lipinski definition) is 1. The van der Waals surface area contributed by atoms with E-state index < -0.39 is 0 Å². The molecule has 1 fully saturated rings. The minimum atomic E-state index is -0.327. The molecule has 0 radical (unpaired) electrons. The lowest BCUT2D eigenvalue weighted by molar-refractivity contribution is -0.128. The zero-order valence-electron chi connectivity index (χ0n) is 13.6. The van der Waals surface area contributed by atoms with E-state index in [2.05, 4.69) is 20.2 Å². The number of nitrogens with zero attached hydrogens (tertiary/aromatic N) is 3. The number of carbonyl (C=O) groups is 1. The van der Waals surface area contributed by atoms with Gasteiger partial charge in [0, 0.05) is 50.3 Å². The van der Waals surface area contributed by atoms with E-state index in [9.17, 15) is 4.79 Å². The monoisotopic (exact) mass is 326 g/mol. The predicted octanol–water partition coefficient (Wildman–Crippen LogP) is 1.21. The van der Waals surface area contributed by atoms with E-state index in [0.717, 1.165) is 30.8 Å². The maximum Gasteiger partial charge on any atom is 0.242 e. The fourth-order valence-electron chi connectivity index (χ4n) is 2.86. The zero-order chi connectivity index (χ0) is 16.6. The van der Waals surface area contributed by atoms with Crippen LogP contribution in [-0.2, 0) is 16.0 Å². The zero-order valence-corrected chi connectivity index (χ0v) is 13.6. The van der Waals surface area contributed by atoms with Crippen LogP contribution < -0.4 is 5.32 Å². The third-order valence-electron chi connectivity index (χ3n) is 4.07. The molecule has 1 atom stereocenters. The number of amides is 1. The SMILES string of the molecule is O=C(NCCc1ccccn1)C(c1cccnc1)N1CCOCC1. The highest BCUT2D eigenvalue weighted by Crippen LogP contribution is 2.21. The summed E-state index contributed by atoms with van der Waals surface area (Å²) in [5.41, 5.74) is 1.89. The van der Waals surface area contributed by atoms with Gasteiger partial charge in [0.15, 0.2) is 0 Å². The molecule has 1 aliphatic heterocycles. The summed E-state index contributed by atoms with van der Waals surface area (Å²) in [6, 6.07) is 9.29. The molecule has 24 heavy (non-hydrogen) atoms. The number of ether oxygens (including phenoxy) is 1. The summed E-state index contributed by atoms with van der Waals surface area (Å²) < 4.78 is 5.41. The second kappa shape index (κ2) is 8.52.